The molecule has 8 heteroatoms. The van der Waals surface area contributed by atoms with Crippen LogP contribution in [0.5, 0.6) is 0 Å². The maximum atomic E-state index is 13.1. The summed E-state index contributed by atoms with van der Waals surface area (Å²) in [6.07, 6.45) is -4.13. The van der Waals surface area contributed by atoms with Crippen LogP contribution >= 0.6 is 0 Å². The number of carbonyl (C=O) groups excluding carboxylic acids is 2. The molecule has 0 aromatic heterocycles. The third-order valence-electron chi connectivity index (χ3n) is 2.58. The van der Waals surface area contributed by atoms with Crippen LogP contribution in [-0.4, -0.2) is 30.7 Å². The Bertz CT molecular complexity index is 533. The molecule has 1 aromatic carbocycles. The molecule has 0 radical (unpaired) electrons. The number of hydrogen-bond donors (Lipinski definition) is 1. The third-order valence-corrected chi connectivity index (χ3v) is 2.58. The quantitative estimate of drug-likeness (QED) is 0.838. The second kappa shape index (κ2) is 4.52. The summed E-state index contributed by atoms with van der Waals surface area (Å²) in [6, 6.07) is 5.62. The minimum Gasteiger partial charge on any atom is -0.323 e. The van der Waals surface area contributed by atoms with E-state index in [9.17, 15) is 27.2 Å². The van der Waals surface area contributed by atoms with E-state index in [1.165, 1.54) is 24.3 Å². The maximum Gasteiger partial charge on any atom is 0.384 e. The fraction of sp³-hybridized carbons (Fsp3) is 0.273. The standard InChI is InChI=1S/C11H8F4N2O2/c12-9(13)11(14,15)10(19)17-5-8(18)16-6-3-1-2-4-7(6)17/h1-4,9H,5H2,(H,16,18). The van der Waals surface area contributed by atoms with Gasteiger partial charge in [0.15, 0.2) is 0 Å². The van der Waals surface area contributed by atoms with Crippen molar-refractivity contribution < 1.29 is 27.2 Å². The van der Waals surface area contributed by atoms with Gasteiger partial charge in [-0.15, -0.1) is 0 Å². The van der Waals surface area contributed by atoms with E-state index in [-0.39, 0.29) is 11.4 Å². The van der Waals surface area contributed by atoms with Crippen LogP contribution in [-0.2, 0) is 9.59 Å². The van der Waals surface area contributed by atoms with E-state index in [0.29, 0.717) is 4.90 Å². The van der Waals surface area contributed by atoms with Crippen LogP contribution < -0.4 is 10.2 Å². The zero-order valence-corrected chi connectivity index (χ0v) is 9.37. The molecule has 2 rings (SSSR count). The number of nitrogens with one attached hydrogen (secondary N) is 1. The monoisotopic (exact) mass is 276 g/mol. The molecule has 1 aromatic rings. The highest BCUT2D eigenvalue weighted by atomic mass is 19.3. The van der Waals surface area contributed by atoms with E-state index in [1.54, 1.807) is 0 Å². The van der Waals surface area contributed by atoms with Crippen molar-refractivity contribution >= 4 is 23.2 Å². The lowest BCUT2D eigenvalue weighted by molar-refractivity contribution is -0.166. The Kier molecular flexibility index (Phi) is 3.17. The maximum absolute atomic E-state index is 13.1. The van der Waals surface area contributed by atoms with Crippen molar-refractivity contribution in [2.45, 2.75) is 12.3 Å². The van der Waals surface area contributed by atoms with E-state index in [1.807, 2.05) is 0 Å². The number of carbonyl (C=O) groups is 2. The van der Waals surface area contributed by atoms with Gasteiger partial charge in [-0.3, -0.25) is 14.5 Å². The molecular formula is C11H8F4N2O2. The van der Waals surface area contributed by atoms with Crippen LogP contribution in [0.15, 0.2) is 24.3 Å². The van der Waals surface area contributed by atoms with Gasteiger partial charge >= 0.3 is 18.3 Å². The van der Waals surface area contributed by atoms with E-state index in [2.05, 4.69) is 5.32 Å². The average Bonchev–Trinajstić information content (AvgIpc) is 2.36. The van der Waals surface area contributed by atoms with Crippen molar-refractivity contribution in [2.75, 3.05) is 16.8 Å². The van der Waals surface area contributed by atoms with Crippen molar-refractivity contribution in [2.24, 2.45) is 0 Å². The van der Waals surface area contributed by atoms with Crippen LogP contribution in [0.1, 0.15) is 0 Å². The Labute approximate surface area is 105 Å². The fourth-order valence-corrected chi connectivity index (χ4v) is 1.69. The Hall–Kier alpha value is -2.12. The zero-order valence-electron chi connectivity index (χ0n) is 9.37. The molecule has 0 fully saturated rings. The first-order valence-corrected chi connectivity index (χ1v) is 5.21. The van der Waals surface area contributed by atoms with Gasteiger partial charge in [0.2, 0.25) is 5.91 Å². The van der Waals surface area contributed by atoms with E-state index in [0.717, 1.165) is 0 Å². The molecule has 19 heavy (non-hydrogen) atoms. The third kappa shape index (κ3) is 2.25. The second-order valence-corrected chi connectivity index (χ2v) is 3.88. The summed E-state index contributed by atoms with van der Waals surface area (Å²) in [5.74, 6) is -7.65. The molecule has 0 saturated heterocycles. The number of para-hydroxylation sites is 2. The number of hydrogen-bond acceptors (Lipinski definition) is 2. The normalized spacial score (nSPS) is 15.2. The summed E-state index contributed by atoms with van der Waals surface area (Å²) >= 11 is 0. The molecule has 0 spiro atoms. The molecule has 102 valence electrons. The van der Waals surface area contributed by atoms with E-state index in [4.69, 9.17) is 0 Å². The zero-order chi connectivity index (χ0) is 14.2. The Morgan fingerprint density at radius 2 is 1.95 bits per heavy atom. The van der Waals surface area contributed by atoms with Gasteiger partial charge in [-0.2, -0.15) is 8.78 Å². The van der Waals surface area contributed by atoms with Crippen LogP contribution in [0, 0.1) is 0 Å². The van der Waals surface area contributed by atoms with Crippen molar-refractivity contribution in [1.29, 1.82) is 0 Å². The molecular weight excluding hydrogens is 268 g/mol. The van der Waals surface area contributed by atoms with Crippen molar-refractivity contribution in [3.8, 4) is 0 Å². The summed E-state index contributed by atoms with van der Waals surface area (Å²) in [4.78, 5) is 23.1. The lowest BCUT2D eigenvalue weighted by Crippen LogP contribution is -2.52. The van der Waals surface area contributed by atoms with Crippen LogP contribution in [0.25, 0.3) is 0 Å². The highest BCUT2D eigenvalue weighted by Crippen LogP contribution is 2.33. The largest absolute Gasteiger partial charge is 0.384 e. The topological polar surface area (TPSA) is 49.4 Å². The number of fused-ring (bicyclic) bond motifs is 1. The number of anilines is 2. The molecule has 0 saturated carbocycles. The molecule has 1 aliphatic rings. The smallest absolute Gasteiger partial charge is 0.323 e. The lowest BCUT2D eigenvalue weighted by atomic mass is 10.1. The summed E-state index contributed by atoms with van der Waals surface area (Å²) < 4.78 is 50.5. The molecule has 0 atom stereocenters. The van der Waals surface area contributed by atoms with E-state index >= 15 is 0 Å². The number of amides is 2. The summed E-state index contributed by atoms with van der Waals surface area (Å²) in [6.45, 7) is -0.724. The Morgan fingerprint density at radius 1 is 1.32 bits per heavy atom. The second-order valence-electron chi connectivity index (χ2n) is 3.88. The van der Waals surface area contributed by atoms with Crippen molar-refractivity contribution in [3.05, 3.63) is 24.3 Å². The Morgan fingerprint density at radius 3 is 2.58 bits per heavy atom. The molecule has 4 nitrogen and oxygen atoms in total. The summed E-state index contributed by atoms with van der Waals surface area (Å²) in [5.41, 5.74) is 0.0876. The molecule has 1 N–H and O–H groups in total. The van der Waals surface area contributed by atoms with Gasteiger partial charge in [0.25, 0.3) is 0 Å². The fourth-order valence-electron chi connectivity index (χ4n) is 1.69. The number of halogens is 4. The van der Waals surface area contributed by atoms with Gasteiger partial charge in [-0.25, -0.2) is 8.78 Å². The van der Waals surface area contributed by atoms with E-state index < -0.39 is 30.7 Å². The van der Waals surface area contributed by atoms with Crippen LogP contribution in [0.3, 0.4) is 0 Å². The van der Waals surface area contributed by atoms with Gasteiger partial charge in [-0.1, -0.05) is 12.1 Å². The average molecular weight is 276 g/mol. The summed E-state index contributed by atoms with van der Waals surface area (Å²) in [5, 5.41) is 2.36. The van der Waals surface area contributed by atoms with Crippen molar-refractivity contribution in [1.82, 2.24) is 0 Å². The highest BCUT2D eigenvalue weighted by Gasteiger charge is 2.52. The first kappa shape index (κ1) is 13.3. The SMILES string of the molecule is O=C1CN(C(=O)C(F)(F)C(F)F)c2ccccc2N1. The molecule has 0 bridgehead atoms. The van der Waals surface area contributed by atoms with Gasteiger partial charge < -0.3 is 5.32 Å². The number of nitrogens with zero attached hydrogens (tertiary/aromatic N) is 1. The van der Waals surface area contributed by atoms with Crippen molar-refractivity contribution in [3.63, 3.8) is 0 Å². The summed E-state index contributed by atoms with van der Waals surface area (Å²) in [7, 11) is 0. The Balaban J connectivity index is 2.41. The molecule has 0 unspecified atom stereocenters. The number of alkyl halides is 4. The molecule has 1 heterocycles. The van der Waals surface area contributed by atoms with Gasteiger partial charge in [-0.05, 0) is 12.1 Å². The minimum atomic E-state index is -4.83. The lowest BCUT2D eigenvalue weighted by Gasteiger charge is -2.31. The first-order valence-electron chi connectivity index (χ1n) is 5.21. The predicted octanol–water partition coefficient (Wildman–Crippen LogP) is 1.87. The van der Waals surface area contributed by atoms with Gasteiger partial charge in [0.05, 0.1) is 11.4 Å². The molecule has 1 aliphatic heterocycles. The number of rotatable bonds is 2. The van der Waals surface area contributed by atoms with Gasteiger partial charge in [0.1, 0.15) is 6.54 Å². The van der Waals surface area contributed by atoms with Crippen LogP contribution in [0.2, 0.25) is 0 Å². The first-order chi connectivity index (χ1) is 8.84. The number of benzene rings is 1. The highest BCUT2D eigenvalue weighted by molar-refractivity contribution is 6.11. The minimum absolute atomic E-state index is 0.0348. The molecule has 2 amide bonds. The van der Waals surface area contributed by atoms with Crippen LogP contribution in [0.4, 0.5) is 28.9 Å². The predicted molar refractivity (Wildman–Crippen MR) is 58.4 cm³/mol. The van der Waals surface area contributed by atoms with Gasteiger partial charge in [0, 0.05) is 0 Å². The molecule has 0 aliphatic carbocycles.